The molecule has 0 radical (unpaired) electrons. The van der Waals surface area contributed by atoms with E-state index < -0.39 is 0 Å². The van der Waals surface area contributed by atoms with Crippen LogP contribution in [0.4, 0.5) is 9.52 Å². The smallest absolute Gasteiger partial charge is 0.233 e. The Hall–Kier alpha value is -2.83. The summed E-state index contributed by atoms with van der Waals surface area (Å²) in [5.74, 6) is -0.477. The van der Waals surface area contributed by atoms with Gasteiger partial charge in [0.15, 0.2) is 5.13 Å². The molecule has 0 spiro atoms. The molecule has 0 unspecified atom stereocenters. The molecule has 0 aliphatic rings. The van der Waals surface area contributed by atoms with Gasteiger partial charge < -0.3 is 0 Å². The lowest BCUT2D eigenvalue weighted by Crippen LogP contribution is -2.32. The topological polar surface area (TPSA) is 46.1 Å². The number of amides is 1. The van der Waals surface area contributed by atoms with Crippen molar-refractivity contribution in [3.8, 4) is 0 Å². The normalized spacial score (nSPS) is 10.9. The van der Waals surface area contributed by atoms with Gasteiger partial charge in [0.25, 0.3) is 0 Å². The first-order valence-electron chi connectivity index (χ1n) is 8.60. The molecular formula is C21H15ClFN3OS. The fourth-order valence-electron chi connectivity index (χ4n) is 2.81. The van der Waals surface area contributed by atoms with Crippen LogP contribution in [0.25, 0.3) is 10.2 Å². The number of rotatable bonds is 5. The Kier molecular flexibility index (Phi) is 5.32. The average Bonchev–Trinajstić information content (AvgIpc) is 3.14. The Morgan fingerprint density at radius 2 is 1.89 bits per heavy atom. The number of anilines is 1. The van der Waals surface area contributed by atoms with Crippen molar-refractivity contribution in [2.75, 3.05) is 4.90 Å². The van der Waals surface area contributed by atoms with E-state index in [0.29, 0.717) is 15.7 Å². The van der Waals surface area contributed by atoms with Crippen LogP contribution in [0.1, 0.15) is 11.3 Å². The molecule has 2 heterocycles. The number of thiazole rings is 1. The number of fused-ring (bicyclic) bond motifs is 1. The fourth-order valence-corrected chi connectivity index (χ4v) is 4.09. The zero-order valence-electron chi connectivity index (χ0n) is 14.7. The summed E-state index contributed by atoms with van der Waals surface area (Å²) in [7, 11) is 0. The third-order valence-electron chi connectivity index (χ3n) is 4.21. The van der Waals surface area contributed by atoms with E-state index in [-0.39, 0.29) is 24.7 Å². The molecule has 7 heteroatoms. The summed E-state index contributed by atoms with van der Waals surface area (Å²) in [6, 6.07) is 17.0. The summed E-state index contributed by atoms with van der Waals surface area (Å²) in [6.45, 7) is 0.290. The molecule has 28 heavy (non-hydrogen) atoms. The van der Waals surface area contributed by atoms with Gasteiger partial charge >= 0.3 is 0 Å². The molecule has 0 aliphatic heterocycles. The molecule has 0 saturated heterocycles. The minimum Gasteiger partial charge on any atom is -0.282 e. The van der Waals surface area contributed by atoms with E-state index in [9.17, 15) is 9.18 Å². The van der Waals surface area contributed by atoms with Crippen molar-refractivity contribution in [3.05, 3.63) is 89.0 Å². The molecule has 1 amide bonds. The highest BCUT2D eigenvalue weighted by Gasteiger charge is 2.21. The highest BCUT2D eigenvalue weighted by atomic mass is 35.5. The number of benzene rings is 2. The van der Waals surface area contributed by atoms with Gasteiger partial charge in [0.2, 0.25) is 5.91 Å². The van der Waals surface area contributed by atoms with Crippen molar-refractivity contribution in [2.45, 2.75) is 13.0 Å². The lowest BCUT2D eigenvalue weighted by Gasteiger charge is -2.19. The van der Waals surface area contributed by atoms with E-state index in [1.165, 1.54) is 23.5 Å². The quantitative estimate of drug-likeness (QED) is 0.450. The second-order valence-electron chi connectivity index (χ2n) is 6.19. The van der Waals surface area contributed by atoms with Crippen LogP contribution in [0.5, 0.6) is 0 Å². The third-order valence-corrected chi connectivity index (χ3v) is 5.55. The molecule has 4 aromatic rings. The number of halogens is 2. The van der Waals surface area contributed by atoms with E-state index in [0.717, 1.165) is 16.0 Å². The van der Waals surface area contributed by atoms with Crippen molar-refractivity contribution in [3.63, 3.8) is 0 Å². The highest BCUT2D eigenvalue weighted by Crippen LogP contribution is 2.33. The van der Waals surface area contributed by atoms with Crippen LogP contribution in [-0.4, -0.2) is 15.9 Å². The van der Waals surface area contributed by atoms with E-state index in [4.69, 9.17) is 11.6 Å². The Morgan fingerprint density at radius 3 is 2.61 bits per heavy atom. The molecule has 140 valence electrons. The Morgan fingerprint density at radius 1 is 1.07 bits per heavy atom. The molecular weight excluding hydrogens is 397 g/mol. The van der Waals surface area contributed by atoms with Crippen molar-refractivity contribution in [1.29, 1.82) is 0 Å². The van der Waals surface area contributed by atoms with Crippen LogP contribution in [0.15, 0.2) is 66.9 Å². The second kappa shape index (κ2) is 8.04. The number of hydrogen-bond acceptors (Lipinski definition) is 4. The van der Waals surface area contributed by atoms with Crippen molar-refractivity contribution >= 4 is 44.2 Å². The Labute approximate surface area is 170 Å². The molecule has 0 atom stereocenters. The predicted octanol–water partition coefficient (Wildman–Crippen LogP) is 5.26. The number of aromatic nitrogens is 2. The van der Waals surface area contributed by atoms with Crippen molar-refractivity contribution in [1.82, 2.24) is 9.97 Å². The van der Waals surface area contributed by atoms with Crippen LogP contribution in [-0.2, 0) is 17.8 Å². The van der Waals surface area contributed by atoms with E-state index in [1.807, 2.05) is 30.3 Å². The SMILES string of the molecule is O=C(Cc1ccc(F)cc1)N(Cc1ccccn1)c1nc2c(Cl)cccc2s1. The van der Waals surface area contributed by atoms with Gasteiger partial charge in [-0.05, 0) is 42.0 Å². The van der Waals surface area contributed by atoms with Gasteiger partial charge in [-0.15, -0.1) is 0 Å². The van der Waals surface area contributed by atoms with Crippen molar-refractivity contribution in [2.24, 2.45) is 0 Å². The van der Waals surface area contributed by atoms with Crippen molar-refractivity contribution < 1.29 is 9.18 Å². The summed E-state index contributed by atoms with van der Waals surface area (Å²) in [6.07, 6.45) is 1.82. The first-order chi connectivity index (χ1) is 13.6. The number of carbonyl (C=O) groups is 1. The molecule has 4 nitrogen and oxygen atoms in total. The lowest BCUT2D eigenvalue weighted by molar-refractivity contribution is -0.118. The van der Waals surface area contributed by atoms with E-state index in [2.05, 4.69) is 9.97 Å². The van der Waals surface area contributed by atoms with Crippen LogP contribution < -0.4 is 4.90 Å². The van der Waals surface area contributed by atoms with E-state index in [1.54, 1.807) is 29.3 Å². The molecule has 0 aliphatic carbocycles. The van der Waals surface area contributed by atoms with Gasteiger partial charge in [-0.3, -0.25) is 14.7 Å². The monoisotopic (exact) mass is 411 g/mol. The minimum absolute atomic E-state index is 0.136. The molecule has 4 rings (SSSR count). The summed E-state index contributed by atoms with van der Waals surface area (Å²) < 4.78 is 14.1. The maximum atomic E-state index is 13.2. The van der Waals surface area contributed by atoms with E-state index >= 15 is 0 Å². The minimum atomic E-state index is -0.331. The molecule has 2 aromatic carbocycles. The summed E-state index contributed by atoms with van der Waals surface area (Å²) >= 11 is 7.65. The fraction of sp³-hybridized carbons (Fsp3) is 0.0952. The Bertz CT molecular complexity index is 1120. The number of nitrogens with zero attached hydrogens (tertiary/aromatic N) is 3. The van der Waals surface area contributed by atoms with Crippen LogP contribution in [0.2, 0.25) is 5.02 Å². The number of para-hydroxylation sites is 1. The Balaban J connectivity index is 1.69. The standard InChI is InChI=1S/C21H15ClFN3OS/c22-17-5-3-6-18-20(17)25-21(28-18)26(13-16-4-1-2-11-24-16)19(27)12-14-7-9-15(23)10-8-14/h1-11H,12-13H2. The molecule has 0 fully saturated rings. The second-order valence-corrected chi connectivity index (χ2v) is 7.60. The zero-order valence-corrected chi connectivity index (χ0v) is 16.3. The summed E-state index contributed by atoms with van der Waals surface area (Å²) in [5.41, 5.74) is 2.15. The summed E-state index contributed by atoms with van der Waals surface area (Å²) in [5, 5.41) is 1.10. The van der Waals surface area contributed by atoms with Gasteiger partial charge in [0, 0.05) is 6.20 Å². The van der Waals surface area contributed by atoms with Gasteiger partial charge in [0.1, 0.15) is 11.3 Å². The molecule has 0 bridgehead atoms. The maximum absolute atomic E-state index is 13.2. The summed E-state index contributed by atoms with van der Waals surface area (Å²) in [4.78, 5) is 23.6. The number of hydrogen-bond donors (Lipinski definition) is 0. The highest BCUT2D eigenvalue weighted by molar-refractivity contribution is 7.22. The number of carbonyl (C=O) groups excluding carboxylic acids is 1. The zero-order chi connectivity index (χ0) is 19.5. The van der Waals surface area contributed by atoms with Gasteiger partial charge in [0.05, 0.1) is 28.4 Å². The van der Waals surface area contributed by atoms with Crippen LogP contribution >= 0.6 is 22.9 Å². The van der Waals surface area contributed by atoms with Crippen LogP contribution in [0.3, 0.4) is 0 Å². The largest absolute Gasteiger partial charge is 0.282 e. The predicted molar refractivity (Wildman–Crippen MR) is 110 cm³/mol. The number of pyridine rings is 1. The molecule has 0 saturated carbocycles. The first-order valence-corrected chi connectivity index (χ1v) is 9.79. The third kappa shape index (κ3) is 4.03. The molecule has 0 N–H and O–H groups in total. The maximum Gasteiger partial charge on any atom is 0.233 e. The van der Waals surface area contributed by atoms with Gasteiger partial charge in [-0.25, -0.2) is 9.37 Å². The first kappa shape index (κ1) is 18.5. The molecule has 2 aromatic heterocycles. The lowest BCUT2D eigenvalue weighted by atomic mass is 10.1. The van der Waals surface area contributed by atoms with Crippen LogP contribution in [0, 0.1) is 5.82 Å². The van der Waals surface area contributed by atoms with Gasteiger partial charge in [-0.2, -0.15) is 0 Å². The van der Waals surface area contributed by atoms with Gasteiger partial charge in [-0.1, -0.05) is 47.2 Å². The average molecular weight is 412 g/mol.